The van der Waals surface area contributed by atoms with Gasteiger partial charge in [0, 0.05) is 30.8 Å². The molecule has 0 bridgehead atoms. The topological polar surface area (TPSA) is 73.1 Å². The van der Waals surface area contributed by atoms with E-state index in [2.05, 4.69) is 15.1 Å². The molecule has 156 valence electrons. The van der Waals surface area contributed by atoms with Gasteiger partial charge in [-0.2, -0.15) is 5.10 Å². The minimum absolute atomic E-state index is 0.0264. The smallest absolute Gasteiger partial charge is 0.257 e. The van der Waals surface area contributed by atoms with E-state index >= 15 is 0 Å². The van der Waals surface area contributed by atoms with Gasteiger partial charge in [0.25, 0.3) is 11.9 Å². The van der Waals surface area contributed by atoms with Gasteiger partial charge in [-0.15, -0.1) is 0 Å². The van der Waals surface area contributed by atoms with Crippen molar-refractivity contribution in [3.63, 3.8) is 0 Å². The van der Waals surface area contributed by atoms with Gasteiger partial charge in [-0.05, 0) is 51.0 Å². The fourth-order valence-electron chi connectivity index (χ4n) is 3.55. The summed E-state index contributed by atoms with van der Waals surface area (Å²) in [6.07, 6.45) is 5.24. The molecule has 0 saturated heterocycles. The highest BCUT2D eigenvalue weighted by molar-refractivity contribution is 5.95. The first-order valence-corrected chi connectivity index (χ1v) is 10.1. The Bertz CT molecular complexity index is 1070. The standard InChI is InChI=1S/C22H24FN5O2/c1-4-27(5-2)21(29)16-13-25-28(20(16)14-6-7-14)22-24-11-10-18(26-22)15-8-9-19(30-3)17(23)12-15/h8-14H,4-7H2,1-3H3. The number of nitrogens with zero attached hydrogens (tertiary/aromatic N) is 5. The summed E-state index contributed by atoms with van der Waals surface area (Å²) in [7, 11) is 1.43. The summed E-state index contributed by atoms with van der Waals surface area (Å²) in [6.45, 7) is 5.20. The molecular weight excluding hydrogens is 385 g/mol. The Morgan fingerprint density at radius 2 is 2.03 bits per heavy atom. The third-order valence-corrected chi connectivity index (χ3v) is 5.33. The fraction of sp³-hybridized carbons (Fsp3) is 0.364. The van der Waals surface area contributed by atoms with Gasteiger partial charge < -0.3 is 9.64 Å². The largest absolute Gasteiger partial charge is 0.494 e. The van der Waals surface area contributed by atoms with Crippen LogP contribution < -0.4 is 4.74 Å². The van der Waals surface area contributed by atoms with Crippen LogP contribution in [0.5, 0.6) is 5.75 Å². The van der Waals surface area contributed by atoms with Crippen LogP contribution in [0, 0.1) is 5.82 Å². The Hall–Kier alpha value is -3.29. The zero-order chi connectivity index (χ0) is 21.3. The van der Waals surface area contributed by atoms with E-state index in [1.165, 1.54) is 13.2 Å². The van der Waals surface area contributed by atoms with E-state index in [4.69, 9.17) is 4.74 Å². The van der Waals surface area contributed by atoms with Crippen LogP contribution in [-0.4, -0.2) is 50.8 Å². The first-order valence-electron chi connectivity index (χ1n) is 10.1. The molecule has 1 aliphatic rings. The van der Waals surface area contributed by atoms with Crippen molar-refractivity contribution in [2.45, 2.75) is 32.6 Å². The van der Waals surface area contributed by atoms with Crippen LogP contribution in [0.25, 0.3) is 17.2 Å². The molecule has 7 nitrogen and oxygen atoms in total. The van der Waals surface area contributed by atoms with Gasteiger partial charge in [0.05, 0.1) is 30.3 Å². The van der Waals surface area contributed by atoms with E-state index in [0.29, 0.717) is 35.9 Å². The van der Waals surface area contributed by atoms with E-state index in [-0.39, 0.29) is 17.6 Å². The number of amides is 1. The van der Waals surface area contributed by atoms with Gasteiger partial charge in [0.1, 0.15) is 0 Å². The molecule has 0 N–H and O–H groups in total. The van der Waals surface area contributed by atoms with Crippen molar-refractivity contribution in [3.8, 4) is 23.0 Å². The van der Waals surface area contributed by atoms with E-state index < -0.39 is 5.82 Å². The van der Waals surface area contributed by atoms with Crippen LogP contribution in [-0.2, 0) is 0 Å². The summed E-state index contributed by atoms with van der Waals surface area (Å²) in [5, 5.41) is 4.45. The predicted molar refractivity (Wildman–Crippen MR) is 110 cm³/mol. The summed E-state index contributed by atoms with van der Waals surface area (Å²) in [6, 6.07) is 6.41. The molecule has 30 heavy (non-hydrogen) atoms. The number of carbonyl (C=O) groups excluding carboxylic acids is 1. The molecule has 0 spiro atoms. The number of carbonyl (C=O) groups is 1. The van der Waals surface area contributed by atoms with Crippen LogP contribution >= 0.6 is 0 Å². The molecule has 3 aromatic rings. The first kappa shape index (κ1) is 20.0. The van der Waals surface area contributed by atoms with Gasteiger partial charge in [-0.3, -0.25) is 4.79 Å². The number of ether oxygens (including phenoxy) is 1. The van der Waals surface area contributed by atoms with Crippen molar-refractivity contribution in [1.82, 2.24) is 24.6 Å². The number of hydrogen-bond acceptors (Lipinski definition) is 5. The SMILES string of the molecule is CCN(CC)C(=O)c1cnn(-c2nccc(-c3ccc(OC)c(F)c3)n2)c1C1CC1. The van der Waals surface area contributed by atoms with Crippen LogP contribution in [0.15, 0.2) is 36.7 Å². The minimum atomic E-state index is -0.458. The predicted octanol–water partition coefficient (Wildman–Crippen LogP) is 3.84. The van der Waals surface area contributed by atoms with Crippen molar-refractivity contribution >= 4 is 5.91 Å². The van der Waals surface area contributed by atoms with E-state index in [9.17, 15) is 9.18 Å². The number of methoxy groups -OCH3 is 1. The molecule has 2 aromatic heterocycles. The van der Waals surface area contributed by atoms with E-state index in [0.717, 1.165) is 18.5 Å². The molecule has 1 aliphatic carbocycles. The Morgan fingerprint density at radius 3 is 2.67 bits per heavy atom. The molecule has 2 heterocycles. The molecule has 0 radical (unpaired) electrons. The van der Waals surface area contributed by atoms with Gasteiger partial charge in [0.15, 0.2) is 11.6 Å². The number of rotatable bonds is 7. The van der Waals surface area contributed by atoms with Crippen LogP contribution in [0.2, 0.25) is 0 Å². The van der Waals surface area contributed by atoms with Crippen molar-refractivity contribution in [2.24, 2.45) is 0 Å². The van der Waals surface area contributed by atoms with Crippen LogP contribution in [0.4, 0.5) is 4.39 Å². The highest BCUT2D eigenvalue weighted by Crippen LogP contribution is 2.42. The Kier molecular flexibility index (Phi) is 5.48. The van der Waals surface area contributed by atoms with Crippen molar-refractivity contribution < 1.29 is 13.9 Å². The molecule has 4 rings (SSSR count). The number of hydrogen-bond donors (Lipinski definition) is 0. The fourth-order valence-corrected chi connectivity index (χ4v) is 3.55. The zero-order valence-corrected chi connectivity index (χ0v) is 17.3. The first-order chi connectivity index (χ1) is 14.6. The third-order valence-electron chi connectivity index (χ3n) is 5.33. The summed E-state index contributed by atoms with van der Waals surface area (Å²) < 4.78 is 20.8. The molecule has 1 aromatic carbocycles. The molecule has 0 aliphatic heterocycles. The average Bonchev–Trinajstić information content (AvgIpc) is 3.52. The highest BCUT2D eigenvalue weighted by atomic mass is 19.1. The zero-order valence-electron chi connectivity index (χ0n) is 17.3. The number of benzene rings is 1. The van der Waals surface area contributed by atoms with Crippen molar-refractivity contribution in [2.75, 3.05) is 20.2 Å². The highest BCUT2D eigenvalue weighted by Gasteiger charge is 2.34. The number of aromatic nitrogens is 4. The van der Waals surface area contributed by atoms with Crippen molar-refractivity contribution in [1.29, 1.82) is 0 Å². The lowest BCUT2D eigenvalue weighted by atomic mass is 10.1. The van der Waals surface area contributed by atoms with Gasteiger partial charge >= 0.3 is 0 Å². The Balaban J connectivity index is 1.74. The second-order valence-electron chi connectivity index (χ2n) is 7.20. The monoisotopic (exact) mass is 409 g/mol. The molecule has 1 saturated carbocycles. The molecule has 0 unspecified atom stereocenters. The van der Waals surface area contributed by atoms with Crippen LogP contribution in [0.3, 0.4) is 0 Å². The lowest BCUT2D eigenvalue weighted by molar-refractivity contribution is 0.0771. The maximum absolute atomic E-state index is 14.1. The summed E-state index contributed by atoms with van der Waals surface area (Å²) in [5.41, 5.74) is 2.63. The normalized spacial score (nSPS) is 13.3. The second kappa shape index (κ2) is 8.22. The second-order valence-corrected chi connectivity index (χ2v) is 7.20. The summed E-state index contributed by atoms with van der Waals surface area (Å²) >= 11 is 0. The van der Waals surface area contributed by atoms with E-state index in [1.807, 2.05) is 13.8 Å². The molecule has 0 atom stereocenters. The van der Waals surface area contributed by atoms with Gasteiger partial charge in [-0.1, -0.05) is 0 Å². The lowest BCUT2D eigenvalue weighted by Crippen LogP contribution is -2.31. The lowest BCUT2D eigenvalue weighted by Gasteiger charge is -2.18. The Morgan fingerprint density at radius 1 is 1.27 bits per heavy atom. The quantitative estimate of drug-likeness (QED) is 0.593. The van der Waals surface area contributed by atoms with Crippen LogP contribution in [0.1, 0.15) is 48.7 Å². The maximum Gasteiger partial charge on any atom is 0.257 e. The molecule has 1 fully saturated rings. The third kappa shape index (κ3) is 3.65. The molecule has 1 amide bonds. The van der Waals surface area contributed by atoms with E-state index in [1.54, 1.807) is 40.2 Å². The maximum atomic E-state index is 14.1. The number of halogens is 1. The summed E-state index contributed by atoms with van der Waals surface area (Å²) in [4.78, 5) is 23.7. The average molecular weight is 409 g/mol. The molecule has 8 heteroatoms. The van der Waals surface area contributed by atoms with Gasteiger partial charge in [-0.25, -0.2) is 19.0 Å². The van der Waals surface area contributed by atoms with Crippen molar-refractivity contribution in [3.05, 3.63) is 53.7 Å². The summed E-state index contributed by atoms with van der Waals surface area (Å²) in [5.74, 6) is 0.328. The molecular formula is C22H24FN5O2. The van der Waals surface area contributed by atoms with Gasteiger partial charge in [0.2, 0.25) is 0 Å². The minimum Gasteiger partial charge on any atom is -0.494 e. The Labute approximate surface area is 174 Å².